The molecule has 1 atom stereocenters. The molecule has 0 spiro atoms. The number of carbonyl (C=O) groups is 2. The summed E-state index contributed by atoms with van der Waals surface area (Å²) in [6, 6.07) is 10.1. The minimum absolute atomic E-state index is 0.124. The molecule has 2 aromatic rings. The predicted octanol–water partition coefficient (Wildman–Crippen LogP) is 5.09. The average molecular weight is 518 g/mol. The van der Waals surface area contributed by atoms with E-state index in [-0.39, 0.29) is 17.2 Å². The summed E-state index contributed by atoms with van der Waals surface area (Å²) in [7, 11) is 1.90. The molecule has 2 amide bonds. The Kier molecular flexibility index (Phi) is 8.04. The molecule has 1 aromatic carbocycles. The van der Waals surface area contributed by atoms with E-state index >= 15 is 0 Å². The molecule has 0 saturated carbocycles. The first-order valence-electron chi connectivity index (χ1n) is 12.3. The highest BCUT2D eigenvalue weighted by Crippen LogP contribution is 2.41. The number of anilines is 1. The number of amides is 2. The molecule has 2 aliphatic heterocycles. The number of rotatable bonds is 6. The standard InChI is InChI=1S/C27H34Cl2N4O2/c1-19-4-6-23(17-30-19)33-18-27(11-8-26(33)35,21-5-7-24(28)25(29)16-21)12-15-32-13-9-22(10-14-32)31(3)20(2)34/h4-7,16-17,22H,8-15,18H2,1-3H3/t27-/m1/s1. The van der Waals surface area contributed by atoms with Crippen LogP contribution in [0.1, 0.15) is 50.3 Å². The lowest BCUT2D eigenvalue weighted by molar-refractivity contribution is -0.130. The number of nitrogens with zero attached hydrogens (tertiary/aromatic N) is 4. The largest absolute Gasteiger partial charge is 0.343 e. The van der Waals surface area contributed by atoms with Gasteiger partial charge < -0.3 is 14.7 Å². The zero-order valence-electron chi connectivity index (χ0n) is 20.8. The van der Waals surface area contributed by atoms with Crippen molar-refractivity contribution in [1.82, 2.24) is 14.8 Å². The third-order valence-corrected chi connectivity index (χ3v) is 8.57. The lowest BCUT2D eigenvalue weighted by Crippen LogP contribution is -2.51. The van der Waals surface area contributed by atoms with Crippen LogP contribution in [0.25, 0.3) is 0 Å². The van der Waals surface area contributed by atoms with Crippen molar-refractivity contribution >= 4 is 40.7 Å². The third kappa shape index (κ3) is 5.82. The smallest absolute Gasteiger partial charge is 0.227 e. The molecule has 0 aliphatic carbocycles. The lowest BCUT2D eigenvalue weighted by Gasteiger charge is -2.45. The Labute approximate surface area is 218 Å². The van der Waals surface area contributed by atoms with Gasteiger partial charge in [-0.15, -0.1) is 0 Å². The van der Waals surface area contributed by atoms with Crippen LogP contribution in [0, 0.1) is 6.92 Å². The molecule has 6 nitrogen and oxygen atoms in total. The van der Waals surface area contributed by atoms with Crippen LogP contribution in [0.3, 0.4) is 0 Å². The van der Waals surface area contributed by atoms with Crippen LogP contribution in [0.2, 0.25) is 10.0 Å². The molecular weight excluding hydrogens is 483 g/mol. The Morgan fingerprint density at radius 3 is 2.54 bits per heavy atom. The Hall–Kier alpha value is -2.15. The molecule has 188 valence electrons. The number of piperidine rings is 2. The number of benzene rings is 1. The predicted molar refractivity (Wildman–Crippen MR) is 141 cm³/mol. The molecule has 1 aromatic heterocycles. The molecule has 3 heterocycles. The molecule has 2 aliphatic rings. The van der Waals surface area contributed by atoms with E-state index < -0.39 is 0 Å². The molecule has 2 saturated heterocycles. The summed E-state index contributed by atoms with van der Waals surface area (Å²) in [5.74, 6) is 0.249. The minimum atomic E-state index is -0.236. The molecule has 2 fully saturated rings. The number of halogens is 2. The second kappa shape index (κ2) is 10.9. The number of aromatic nitrogens is 1. The highest BCUT2D eigenvalue weighted by Gasteiger charge is 2.41. The fourth-order valence-corrected chi connectivity index (χ4v) is 5.67. The summed E-state index contributed by atoms with van der Waals surface area (Å²) in [5, 5.41) is 1.07. The van der Waals surface area contributed by atoms with E-state index in [9.17, 15) is 9.59 Å². The number of pyridine rings is 1. The van der Waals surface area contributed by atoms with Crippen molar-refractivity contribution in [3.8, 4) is 0 Å². The van der Waals surface area contributed by atoms with Crippen LogP contribution >= 0.6 is 23.2 Å². The Morgan fingerprint density at radius 2 is 1.91 bits per heavy atom. The summed E-state index contributed by atoms with van der Waals surface area (Å²) in [6.07, 6.45) is 5.89. The van der Waals surface area contributed by atoms with Gasteiger partial charge in [0.05, 0.1) is 21.9 Å². The topological polar surface area (TPSA) is 56.8 Å². The summed E-state index contributed by atoms with van der Waals surface area (Å²) >= 11 is 12.7. The average Bonchev–Trinajstić information content (AvgIpc) is 2.86. The molecule has 4 rings (SSSR count). The van der Waals surface area contributed by atoms with Gasteiger partial charge in [-0.1, -0.05) is 29.3 Å². The van der Waals surface area contributed by atoms with Crippen molar-refractivity contribution in [2.75, 3.05) is 38.1 Å². The zero-order chi connectivity index (χ0) is 25.2. The van der Waals surface area contributed by atoms with Crippen molar-refractivity contribution in [1.29, 1.82) is 0 Å². The van der Waals surface area contributed by atoms with E-state index in [0.717, 1.165) is 62.3 Å². The van der Waals surface area contributed by atoms with Gasteiger partial charge in [-0.05, 0) is 69.0 Å². The van der Waals surface area contributed by atoms with Crippen LogP contribution in [-0.4, -0.2) is 65.9 Å². The minimum Gasteiger partial charge on any atom is -0.343 e. The Bertz CT molecular complexity index is 1070. The fraction of sp³-hybridized carbons (Fsp3) is 0.519. The van der Waals surface area contributed by atoms with E-state index in [1.807, 2.05) is 48.0 Å². The second-order valence-corrected chi connectivity index (χ2v) is 10.8. The zero-order valence-corrected chi connectivity index (χ0v) is 22.3. The number of hydrogen-bond acceptors (Lipinski definition) is 4. The Balaban J connectivity index is 1.55. The first kappa shape index (κ1) is 25.9. The maximum Gasteiger partial charge on any atom is 0.227 e. The summed E-state index contributed by atoms with van der Waals surface area (Å²) in [6.45, 7) is 7.00. The van der Waals surface area contributed by atoms with Gasteiger partial charge in [-0.3, -0.25) is 14.6 Å². The van der Waals surface area contributed by atoms with Gasteiger partial charge in [0.1, 0.15) is 0 Å². The van der Waals surface area contributed by atoms with Gasteiger partial charge in [0.2, 0.25) is 11.8 Å². The van der Waals surface area contributed by atoms with E-state index in [1.165, 1.54) is 0 Å². The molecular formula is C27H34Cl2N4O2. The van der Waals surface area contributed by atoms with Gasteiger partial charge in [-0.2, -0.15) is 0 Å². The number of likely N-dealkylation sites (tertiary alicyclic amines) is 1. The number of hydrogen-bond donors (Lipinski definition) is 0. The number of aryl methyl sites for hydroxylation is 1. The van der Waals surface area contributed by atoms with Gasteiger partial charge >= 0.3 is 0 Å². The normalized spacial score (nSPS) is 21.9. The second-order valence-electron chi connectivity index (χ2n) is 10.00. The van der Waals surface area contributed by atoms with Gasteiger partial charge in [0.15, 0.2) is 0 Å². The van der Waals surface area contributed by atoms with Crippen molar-refractivity contribution in [2.24, 2.45) is 0 Å². The first-order chi connectivity index (χ1) is 16.7. The van der Waals surface area contributed by atoms with Crippen LogP contribution in [0.15, 0.2) is 36.5 Å². The quantitative estimate of drug-likeness (QED) is 0.536. The van der Waals surface area contributed by atoms with Gasteiger partial charge in [0, 0.05) is 57.2 Å². The van der Waals surface area contributed by atoms with Crippen molar-refractivity contribution < 1.29 is 9.59 Å². The molecule has 0 bridgehead atoms. The van der Waals surface area contributed by atoms with Crippen LogP contribution < -0.4 is 4.90 Å². The van der Waals surface area contributed by atoms with Crippen LogP contribution in [0.5, 0.6) is 0 Å². The summed E-state index contributed by atoms with van der Waals surface area (Å²) < 4.78 is 0. The van der Waals surface area contributed by atoms with Crippen LogP contribution in [-0.2, 0) is 15.0 Å². The monoisotopic (exact) mass is 516 g/mol. The number of carbonyl (C=O) groups excluding carboxylic acids is 2. The van der Waals surface area contributed by atoms with Crippen LogP contribution in [0.4, 0.5) is 5.69 Å². The lowest BCUT2D eigenvalue weighted by atomic mass is 9.71. The molecule has 0 N–H and O–H groups in total. The van der Waals surface area contributed by atoms with E-state index in [1.54, 1.807) is 13.1 Å². The third-order valence-electron chi connectivity index (χ3n) is 7.83. The van der Waals surface area contributed by atoms with Crippen molar-refractivity contribution in [3.05, 3.63) is 57.8 Å². The fourth-order valence-electron chi connectivity index (χ4n) is 5.38. The molecule has 0 unspecified atom stereocenters. The molecule has 35 heavy (non-hydrogen) atoms. The summed E-state index contributed by atoms with van der Waals surface area (Å²) in [5.41, 5.74) is 2.64. The van der Waals surface area contributed by atoms with Crippen molar-refractivity contribution in [2.45, 2.75) is 57.4 Å². The maximum atomic E-state index is 13.0. The highest BCUT2D eigenvalue weighted by atomic mass is 35.5. The van der Waals surface area contributed by atoms with Gasteiger partial charge in [-0.25, -0.2) is 0 Å². The SMILES string of the molecule is CC(=O)N(C)C1CCN(CC[C@]2(c3ccc(Cl)c(Cl)c3)CCC(=O)N(c3ccc(C)nc3)C2)CC1. The highest BCUT2D eigenvalue weighted by molar-refractivity contribution is 6.42. The summed E-state index contributed by atoms with van der Waals surface area (Å²) in [4.78, 5) is 35.4. The van der Waals surface area contributed by atoms with E-state index in [2.05, 4.69) is 16.0 Å². The molecule has 8 heteroatoms. The maximum absolute atomic E-state index is 13.0. The van der Waals surface area contributed by atoms with Gasteiger partial charge in [0.25, 0.3) is 0 Å². The molecule has 0 radical (unpaired) electrons. The van der Waals surface area contributed by atoms with E-state index in [0.29, 0.717) is 29.1 Å². The first-order valence-corrected chi connectivity index (χ1v) is 13.1. The van der Waals surface area contributed by atoms with E-state index in [4.69, 9.17) is 23.2 Å². The Morgan fingerprint density at radius 1 is 1.17 bits per heavy atom. The van der Waals surface area contributed by atoms with Crippen molar-refractivity contribution in [3.63, 3.8) is 0 Å².